The van der Waals surface area contributed by atoms with E-state index in [9.17, 15) is 4.79 Å². The number of carbonyl (C=O) groups is 1. The van der Waals surface area contributed by atoms with Crippen LogP contribution in [0, 0.1) is 6.92 Å². The van der Waals surface area contributed by atoms with Crippen molar-refractivity contribution in [2.24, 2.45) is 0 Å². The highest BCUT2D eigenvalue weighted by Crippen LogP contribution is 2.30. The Kier molecular flexibility index (Phi) is 4.33. The van der Waals surface area contributed by atoms with Gasteiger partial charge < -0.3 is 10.6 Å². The van der Waals surface area contributed by atoms with Gasteiger partial charge in [-0.05, 0) is 44.7 Å². The Morgan fingerprint density at radius 3 is 2.58 bits per heavy atom. The van der Waals surface area contributed by atoms with Gasteiger partial charge in [0, 0.05) is 28.7 Å². The Morgan fingerprint density at radius 2 is 1.92 bits per heavy atom. The summed E-state index contributed by atoms with van der Waals surface area (Å²) in [5, 5.41) is 8.38. The summed E-state index contributed by atoms with van der Waals surface area (Å²) in [6.07, 6.45) is 4.53. The zero-order valence-corrected chi connectivity index (χ0v) is 15.1. The van der Waals surface area contributed by atoms with E-state index in [0.29, 0.717) is 22.0 Å². The second-order valence-corrected chi connectivity index (χ2v) is 8.16. The summed E-state index contributed by atoms with van der Waals surface area (Å²) in [4.78, 5) is 18.0. The largest absolute Gasteiger partial charge is 0.348 e. The average Bonchev–Trinajstić information content (AvgIpc) is 3.10. The highest BCUT2D eigenvalue weighted by molar-refractivity contribution is 7.17. The first-order valence-corrected chi connectivity index (χ1v) is 9.58. The lowest BCUT2D eigenvalue weighted by atomic mass is 10.00. The standard InChI is InChI=1S/C18H20ClN3OS/c1-10-16(24-18(20-10)11-2-4-12(19)5-3-11)17(23)22-15-8-13-6-7-14(9-15)21-13/h2-5,13-15,21H,6-9H2,1H3,(H,22,23). The van der Waals surface area contributed by atoms with E-state index in [1.807, 2.05) is 31.2 Å². The third-order valence-corrected chi connectivity index (χ3v) is 6.36. The summed E-state index contributed by atoms with van der Waals surface area (Å²) in [5.74, 6) is 0.0107. The van der Waals surface area contributed by atoms with Gasteiger partial charge in [0.15, 0.2) is 0 Å². The van der Waals surface area contributed by atoms with Crippen molar-refractivity contribution in [1.82, 2.24) is 15.6 Å². The number of fused-ring (bicyclic) bond motifs is 2. The molecule has 0 radical (unpaired) electrons. The number of piperidine rings is 1. The smallest absolute Gasteiger partial charge is 0.263 e. The Labute approximate surface area is 150 Å². The fourth-order valence-electron chi connectivity index (χ4n) is 3.75. The fourth-order valence-corrected chi connectivity index (χ4v) is 4.85. The molecular formula is C18H20ClN3OS. The van der Waals surface area contributed by atoms with Crippen molar-refractivity contribution in [1.29, 1.82) is 0 Å². The van der Waals surface area contributed by atoms with Crippen molar-refractivity contribution < 1.29 is 4.79 Å². The molecule has 0 spiro atoms. The fraction of sp³-hybridized carbons (Fsp3) is 0.444. The van der Waals surface area contributed by atoms with E-state index in [2.05, 4.69) is 15.6 Å². The lowest BCUT2D eigenvalue weighted by Crippen LogP contribution is -2.48. The van der Waals surface area contributed by atoms with E-state index in [0.717, 1.165) is 29.1 Å². The Bertz CT molecular complexity index is 746. The van der Waals surface area contributed by atoms with Crippen molar-refractivity contribution in [3.63, 3.8) is 0 Å². The molecule has 2 aliphatic rings. The molecule has 2 bridgehead atoms. The van der Waals surface area contributed by atoms with Gasteiger partial charge in [-0.2, -0.15) is 0 Å². The number of hydrogen-bond donors (Lipinski definition) is 2. The first-order valence-electron chi connectivity index (χ1n) is 8.39. The van der Waals surface area contributed by atoms with E-state index in [4.69, 9.17) is 11.6 Å². The number of amides is 1. The summed E-state index contributed by atoms with van der Waals surface area (Å²) >= 11 is 7.39. The summed E-state index contributed by atoms with van der Waals surface area (Å²) in [7, 11) is 0. The highest BCUT2D eigenvalue weighted by atomic mass is 35.5. The van der Waals surface area contributed by atoms with Gasteiger partial charge >= 0.3 is 0 Å². The summed E-state index contributed by atoms with van der Waals surface area (Å²) in [5.41, 5.74) is 1.78. The van der Waals surface area contributed by atoms with Gasteiger partial charge in [0.25, 0.3) is 5.91 Å². The summed E-state index contributed by atoms with van der Waals surface area (Å²) in [6.45, 7) is 1.90. The maximum absolute atomic E-state index is 12.7. The van der Waals surface area contributed by atoms with E-state index in [1.165, 1.54) is 24.2 Å². The minimum absolute atomic E-state index is 0.0107. The molecule has 2 aromatic rings. The quantitative estimate of drug-likeness (QED) is 0.874. The minimum Gasteiger partial charge on any atom is -0.348 e. The summed E-state index contributed by atoms with van der Waals surface area (Å²) in [6, 6.07) is 8.98. The van der Waals surface area contributed by atoms with Crippen molar-refractivity contribution in [3.05, 3.63) is 39.9 Å². The van der Waals surface area contributed by atoms with Crippen LogP contribution in [0.15, 0.2) is 24.3 Å². The van der Waals surface area contributed by atoms with E-state index in [1.54, 1.807) is 0 Å². The van der Waals surface area contributed by atoms with Crippen LogP contribution in [0.5, 0.6) is 0 Å². The molecule has 4 nitrogen and oxygen atoms in total. The number of rotatable bonds is 3. The van der Waals surface area contributed by atoms with Gasteiger partial charge in [-0.15, -0.1) is 11.3 Å². The van der Waals surface area contributed by atoms with E-state index >= 15 is 0 Å². The van der Waals surface area contributed by atoms with Crippen molar-refractivity contribution >= 4 is 28.8 Å². The van der Waals surface area contributed by atoms with Crippen LogP contribution in [0.25, 0.3) is 10.6 Å². The predicted octanol–water partition coefficient (Wildman–Crippen LogP) is 3.78. The zero-order valence-electron chi connectivity index (χ0n) is 13.5. The number of halogens is 1. The molecule has 4 rings (SSSR count). The van der Waals surface area contributed by atoms with Gasteiger partial charge in [-0.25, -0.2) is 4.98 Å². The third-order valence-electron chi connectivity index (χ3n) is 4.90. The Balaban J connectivity index is 1.49. The molecule has 1 aromatic heterocycles. The lowest BCUT2D eigenvalue weighted by Gasteiger charge is -2.29. The van der Waals surface area contributed by atoms with E-state index < -0.39 is 0 Å². The molecule has 2 saturated heterocycles. The van der Waals surface area contributed by atoms with Crippen LogP contribution in [-0.2, 0) is 0 Å². The maximum atomic E-state index is 12.7. The topological polar surface area (TPSA) is 54.0 Å². The van der Waals surface area contributed by atoms with Crippen LogP contribution < -0.4 is 10.6 Å². The molecule has 24 heavy (non-hydrogen) atoms. The molecule has 3 heterocycles. The minimum atomic E-state index is 0.0107. The van der Waals surface area contributed by atoms with Crippen LogP contribution in [0.2, 0.25) is 5.02 Å². The first kappa shape index (κ1) is 16.1. The van der Waals surface area contributed by atoms with Crippen LogP contribution in [0.1, 0.15) is 41.0 Å². The van der Waals surface area contributed by atoms with Gasteiger partial charge in [0.1, 0.15) is 9.88 Å². The number of nitrogens with one attached hydrogen (secondary N) is 2. The number of carbonyl (C=O) groups excluding carboxylic acids is 1. The number of aromatic nitrogens is 1. The van der Waals surface area contributed by atoms with Crippen LogP contribution >= 0.6 is 22.9 Å². The molecule has 126 valence electrons. The second kappa shape index (κ2) is 6.47. The van der Waals surface area contributed by atoms with E-state index in [-0.39, 0.29) is 11.9 Å². The second-order valence-electron chi connectivity index (χ2n) is 6.72. The average molecular weight is 362 g/mol. The molecule has 2 aliphatic heterocycles. The molecule has 2 fully saturated rings. The van der Waals surface area contributed by atoms with Crippen LogP contribution in [-0.4, -0.2) is 29.0 Å². The van der Waals surface area contributed by atoms with Crippen LogP contribution in [0.4, 0.5) is 0 Å². The molecule has 6 heteroatoms. The lowest BCUT2D eigenvalue weighted by molar-refractivity contribution is 0.0927. The van der Waals surface area contributed by atoms with Crippen molar-refractivity contribution in [2.75, 3.05) is 0 Å². The molecule has 0 aliphatic carbocycles. The van der Waals surface area contributed by atoms with Gasteiger partial charge in [-0.1, -0.05) is 23.7 Å². The SMILES string of the molecule is Cc1nc(-c2ccc(Cl)cc2)sc1C(=O)NC1CC2CCC(C1)N2. The number of thiazole rings is 1. The molecule has 2 N–H and O–H groups in total. The van der Waals surface area contributed by atoms with Crippen molar-refractivity contribution in [2.45, 2.75) is 50.7 Å². The van der Waals surface area contributed by atoms with Crippen LogP contribution in [0.3, 0.4) is 0 Å². The van der Waals surface area contributed by atoms with Crippen molar-refractivity contribution in [3.8, 4) is 10.6 Å². The number of benzene rings is 1. The summed E-state index contributed by atoms with van der Waals surface area (Å²) < 4.78 is 0. The predicted molar refractivity (Wildman–Crippen MR) is 97.7 cm³/mol. The molecule has 0 saturated carbocycles. The molecule has 2 atom stereocenters. The Morgan fingerprint density at radius 1 is 1.25 bits per heavy atom. The highest BCUT2D eigenvalue weighted by Gasteiger charge is 2.34. The monoisotopic (exact) mass is 361 g/mol. The molecule has 1 amide bonds. The molecular weight excluding hydrogens is 342 g/mol. The molecule has 1 aromatic carbocycles. The number of aryl methyl sites for hydroxylation is 1. The Hall–Kier alpha value is -1.43. The first-order chi connectivity index (χ1) is 11.6. The van der Waals surface area contributed by atoms with Gasteiger partial charge in [0.05, 0.1) is 5.69 Å². The van der Waals surface area contributed by atoms with Gasteiger partial charge in [-0.3, -0.25) is 4.79 Å². The van der Waals surface area contributed by atoms with Gasteiger partial charge in [0.2, 0.25) is 0 Å². The zero-order chi connectivity index (χ0) is 16.7. The third kappa shape index (κ3) is 3.21. The maximum Gasteiger partial charge on any atom is 0.263 e. The number of nitrogens with zero attached hydrogens (tertiary/aromatic N) is 1. The molecule has 2 unspecified atom stereocenters. The normalized spacial score (nSPS) is 25.7. The number of hydrogen-bond acceptors (Lipinski definition) is 4.